The maximum absolute atomic E-state index is 9.57. The number of pyridine rings is 1. The Labute approximate surface area is 104 Å². The fourth-order valence-electron chi connectivity index (χ4n) is 2.42. The van der Waals surface area contributed by atoms with Gasteiger partial charge in [-0.25, -0.2) is 4.98 Å². The van der Waals surface area contributed by atoms with Gasteiger partial charge in [-0.05, 0) is 53.7 Å². The van der Waals surface area contributed by atoms with Gasteiger partial charge in [0.25, 0.3) is 0 Å². The molecule has 3 nitrogen and oxygen atoms in total. The summed E-state index contributed by atoms with van der Waals surface area (Å²) in [4.78, 5) is 4.52. The van der Waals surface area contributed by atoms with E-state index in [4.69, 9.17) is 5.73 Å². The summed E-state index contributed by atoms with van der Waals surface area (Å²) < 4.78 is 0.851. The second kappa shape index (κ2) is 4.82. The van der Waals surface area contributed by atoms with Gasteiger partial charge in [-0.1, -0.05) is 6.07 Å². The Kier molecular flexibility index (Phi) is 3.62. The van der Waals surface area contributed by atoms with Crippen LogP contribution in [0.1, 0.15) is 31.4 Å². The molecule has 88 valence electrons. The van der Waals surface area contributed by atoms with Crippen LogP contribution >= 0.6 is 15.9 Å². The molecule has 3 N–H and O–H groups in total. The fraction of sp³-hybridized carbons (Fsp3) is 0.583. The first-order chi connectivity index (χ1) is 7.66. The van der Waals surface area contributed by atoms with Crippen LogP contribution in [-0.4, -0.2) is 22.7 Å². The van der Waals surface area contributed by atoms with Crippen LogP contribution < -0.4 is 5.73 Å². The lowest BCUT2D eigenvalue weighted by Gasteiger charge is -2.37. The molecule has 0 saturated heterocycles. The third-order valence-corrected chi connectivity index (χ3v) is 4.00. The SMILES string of the molecule is NCC1(c2cccc(Br)n2)CCC(O)CC1. The highest BCUT2D eigenvalue weighted by atomic mass is 79.9. The number of rotatable bonds is 2. The Morgan fingerprint density at radius 3 is 2.69 bits per heavy atom. The number of nitrogens with zero attached hydrogens (tertiary/aromatic N) is 1. The summed E-state index contributed by atoms with van der Waals surface area (Å²) >= 11 is 3.39. The van der Waals surface area contributed by atoms with E-state index in [1.165, 1.54) is 0 Å². The number of aliphatic hydroxyl groups excluding tert-OH is 1. The van der Waals surface area contributed by atoms with Crippen molar-refractivity contribution in [2.24, 2.45) is 5.73 Å². The van der Waals surface area contributed by atoms with Gasteiger partial charge in [0.05, 0.1) is 6.10 Å². The minimum Gasteiger partial charge on any atom is -0.393 e. The van der Waals surface area contributed by atoms with Crippen molar-refractivity contribution in [1.29, 1.82) is 0 Å². The highest BCUT2D eigenvalue weighted by Crippen LogP contribution is 2.38. The molecule has 0 spiro atoms. The largest absolute Gasteiger partial charge is 0.393 e. The van der Waals surface area contributed by atoms with Gasteiger partial charge < -0.3 is 10.8 Å². The van der Waals surface area contributed by atoms with Crippen molar-refractivity contribution in [2.45, 2.75) is 37.2 Å². The van der Waals surface area contributed by atoms with Gasteiger partial charge in [-0.2, -0.15) is 0 Å². The maximum atomic E-state index is 9.57. The molecule has 1 heterocycles. The summed E-state index contributed by atoms with van der Waals surface area (Å²) in [7, 11) is 0. The standard InChI is InChI=1S/C12H17BrN2O/c13-11-3-1-2-10(15-11)12(8-14)6-4-9(16)5-7-12/h1-3,9,16H,4-8,14H2. The number of hydrogen-bond acceptors (Lipinski definition) is 3. The van der Waals surface area contributed by atoms with Crippen LogP contribution in [0.2, 0.25) is 0 Å². The van der Waals surface area contributed by atoms with E-state index in [1.54, 1.807) is 0 Å². The molecule has 1 aromatic rings. The number of halogens is 1. The van der Waals surface area contributed by atoms with Crippen molar-refractivity contribution in [3.63, 3.8) is 0 Å². The van der Waals surface area contributed by atoms with Crippen LogP contribution in [0.4, 0.5) is 0 Å². The lowest BCUT2D eigenvalue weighted by atomic mass is 9.71. The number of hydrogen-bond donors (Lipinski definition) is 2. The minimum atomic E-state index is -0.160. The molecule has 2 rings (SSSR count). The van der Waals surface area contributed by atoms with Crippen LogP contribution in [0.5, 0.6) is 0 Å². The maximum Gasteiger partial charge on any atom is 0.106 e. The summed E-state index contributed by atoms with van der Waals surface area (Å²) in [6, 6.07) is 5.95. The highest BCUT2D eigenvalue weighted by molar-refractivity contribution is 9.10. The molecule has 0 amide bonds. The van der Waals surface area contributed by atoms with Crippen LogP contribution in [0, 0.1) is 0 Å². The Hall–Kier alpha value is -0.450. The normalized spacial score (nSPS) is 30.3. The van der Waals surface area contributed by atoms with Crippen molar-refractivity contribution in [2.75, 3.05) is 6.54 Å². The summed E-state index contributed by atoms with van der Waals surface area (Å²) in [5.41, 5.74) is 6.94. The molecule has 0 bridgehead atoms. The Bertz CT molecular complexity index is 362. The average Bonchev–Trinajstić information content (AvgIpc) is 2.31. The van der Waals surface area contributed by atoms with Crippen molar-refractivity contribution in [3.8, 4) is 0 Å². The van der Waals surface area contributed by atoms with E-state index in [9.17, 15) is 5.11 Å². The van der Waals surface area contributed by atoms with Crippen LogP contribution in [0.25, 0.3) is 0 Å². The molecular formula is C12H17BrN2O. The van der Waals surface area contributed by atoms with Crippen molar-refractivity contribution in [1.82, 2.24) is 4.98 Å². The minimum absolute atomic E-state index is 0.0387. The van der Waals surface area contributed by atoms with Gasteiger partial charge in [0, 0.05) is 17.7 Å². The molecule has 0 radical (unpaired) electrons. The first-order valence-corrected chi connectivity index (χ1v) is 6.47. The van der Waals surface area contributed by atoms with Crippen LogP contribution in [-0.2, 0) is 5.41 Å². The van der Waals surface area contributed by atoms with Crippen LogP contribution in [0.3, 0.4) is 0 Å². The first kappa shape index (κ1) is 12.0. The summed E-state index contributed by atoms with van der Waals surface area (Å²) in [5.74, 6) is 0. The molecule has 16 heavy (non-hydrogen) atoms. The first-order valence-electron chi connectivity index (χ1n) is 5.67. The fourth-order valence-corrected chi connectivity index (χ4v) is 2.77. The van der Waals surface area contributed by atoms with Gasteiger partial charge in [0.15, 0.2) is 0 Å². The van der Waals surface area contributed by atoms with Crippen molar-refractivity contribution in [3.05, 3.63) is 28.5 Å². The predicted octanol–water partition coefficient (Wildman–Crippen LogP) is 1.98. The Morgan fingerprint density at radius 1 is 1.44 bits per heavy atom. The van der Waals surface area contributed by atoms with E-state index in [0.717, 1.165) is 36.0 Å². The molecule has 0 unspecified atom stereocenters. The number of aromatic nitrogens is 1. The summed E-state index contributed by atoms with van der Waals surface area (Å²) in [6.07, 6.45) is 3.34. The third-order valence-electron chi connectivity index (χ3n) is 3.56. The lowest BCUT2D eigenvalue weighted by molar-refractivity contribution is 0.0961. The molecule has 4 heteroatoms. The molecule has 1 aliphatic carbocycles. The quantitative estimate of drug-likeness (QED) is 0.817. The summed E-state index contributed by atoms with van der Waals surface area (Å²) in [6.45, 7) is 0.600. The summed E-state index contributed by atoms with van der Waals surface area (Å²) in [5, 5.41) is 9.57. The zero-order valence-electron chi connectivity index (χ0n) is 9.19. The van der Waals surface area contributed by atoms with Gasteiger partial charge in [0.1, 0.15) is 4.60 Å². The second-order valence-corrected chi connectivity index (χ2v) is 5.37. The molecule has 1 aromatic heterocycles. The smallest absolute Gasteiger partial charge is 0.106 e. The molecular weight excluding hydrogens is 268 g/mol. The third kappa shape index (κ3) is 2.29. The Balaban J connectivity index is 2.28. The van der Waals surface area contributed by atoms with E-state index in [0.29, 0.717) is 6.54 Å². The molecule has 1 fully saturated rings. The van der Waals surface area contributed by atoms with E-state index in [-0.39, 0.29) is 11.5 Å². The topological polar surface area (TPSA) is 59.1 Å². The predicted molar refractivity (Wildman–Crippen MR) is 67.1 cm³/mol. The van der Waals surface area contributed by atoms with Gasteiger partial charge in [0.2, 0.25) is 0 Å². The van der Waals surface area contributed by atoms with Gasteiger partial charge in [-0.3, -0.25) is 0 Å². The molecule has 0 aliphatic heterocycles. The van der Waals surface area contributed by atoms with Crippen LogP contribution in [0.15, 0.2) is 22.8 Å². The molecule has 0 aromatic carbocycles. The lowest BCUT2D eigenvalue weighted by Crippen LogP contribution is -2.40. The number of nitrogens with two attached hydrogens (primary N) is 1. The zero-order valence-corrected chi connectivity index (χ0v) is 10.8. The van der Waals surface area contributed by atoms with Gasteiger partial charge in [-0.15, -0.1) is 0 Å². The molecule has 1 aliphatic rings. The Morgan fingerprint density at radius 2 is 2.12 bits per heavy atom. The average molecular weight is 285 g/mol. The highest BCUT2D eigenvalue weighted by Gasteiger charge is 2.36. The molecule has 0 atom stereocenters. The molecule has 1 saturated carbocycles. The second-order valence-electron chi connectivity index (χ2n) is 4.56. The van der Waals surface area contributed by atoms with Crippen molar-refractivity contribution < 1.29 is 5.11 Å². The van der Waals surface area contributed by atoms with E-state index in [1.807, 2.05) is 18.2 Å². The zero-order chi connectivity index (χ0) is 11.6. The monoisotopic (exact) mass is 284 g/mol. The van der Waals surface area contributed by atoms with Crippen molar-refractivity contribution >= 4 is 15.9 Å². The van der Waals surface area contributed by atoms with E-state index < -0.39 is 0 Å². The van der Waals surface area contributed by atoms with E-state index in [2.05, 4.69) is 20.9 Å². The number of aliphatic hydroxyl groups is 1. The van der Waals surface area contributed by atoms with Gasteiger partial charge >= 0.3 is 0 Å². The van der Waals surface area contributed by atoms with E-state index >= 15 is 0 Å².